The fourth-order valence-electron chi connectivity index (χ4n) is 3.85. The standard InChI is InChI=1S/C21H33N3O2/c1-6-9-13-17-18(21(5,26)24-14(4)22-17)20(25)23-19-15(7-2)11-10-12-16(19)8-3/h10-12,17-18,26H,6-9,13H2,1-5H3,(H,22,24)(H,23,25). The average Bonchev–Trinajstić information content (AvgIpc) is 2.58. The molecule has 3 unspecified atom stereocenters. The van der Waals surface area contributed by atoms with Gasteiger partial charge in [-0.05, 0) is 44.2 Å². The zero-order chi connectivity index (χ0) is 19.3. The molecule has 1 amide bonds. The summed E-state index contributed by atoms with van der Waals surface area (Å²) < 4.78 is 0. The fourth-order valence-corrected chi connectivity index (χ4v) is 3.85. The van der Waals surface area contributed by atoms with E-state index < -0.39 is 11.6 Å². The van der Waals surface area contributed by atoms with Crippen LogP contribution >= 0.6 is 0 Å². The summed E-state index contributed by atoms with van der Waals surface area (Å²) in [7, 11) is 0. The van der Waals surface area contributed by atoms with Crippen molar-refractivity contribution in [3.8, 4) is 0 Å². The van der Waals surface area contributed by atoms with Crippen LogP contribution in [0.15, 0.2) is 23.2 Å². The third-order valence-electron chi connectivity index (χ3n) is 5.17. The molecule has 1 aromatic rings. The third-order valence-corrected chi connectivity index (χ3v) is 5.17. The maximum absolute atomic E-state index is 13.2. The lowest BCUT2D eigenvalue weighted by Crippen LogP contribution is -2.61. The Morgan fingerprint density at radius 1 is 1.27 bits per heavy atom. The van der Waals surface area contributed by atoms with Crippen molar-refractivity contribution in [1.82, 2.24) is 5.32 Å². The van der Waals surface area contributed by atoms with Crippen molar-refractivity contribution in [3.05, 3.63) is 29.3 Å². The first kappa shape index (κ1) is 20.4. The van der Waals surface area contributed by atoms with Crippen LogP contribution in [0.3, 0.4) is 0 Å². The molecule has 1 aliphatic heterocycles. The molecule has 0 saturated heterocycles. The van der Waals surface area contributed by atoms with Gasteiger partial charge in [0.05, 0.1) is 11.9 Å². The van der Waals surface area contributed by atoms with Crippen molar-refractivity contribution in [2.45, 2.75) is 78.5 Å². The van der Waals surface area contributed by atoms with Crippen molar-refractivity contribution in [3.63, 3.8) is 0 Å². The van der Waals surface area contributed by atoms with Crippen LogP contribution in [-0.4, -0.2) is 28.6 Å². The van der Waals surface area contributed by atoms with Gasteiger partial charge >= 0.3 is 0 Å². The first-order chi connectivity index (χ1) is 12.3. The summed E-state index contributed by atoms with van der Waals surface area (Å²) in [5, 5.41) is 17.0. The Kier molecular flexibility index (Phi) is 6.81. The Morgan fingerprint density at radius 3 is 2.42 bits per heavy atom. The van der Waals surface area contributed by atoms with Crippen LogP contribution in [0.2, 0.25) is 0 Å². The molecule has 1 heterocycles. The second-order valence-electron chi connectivity index (χ2n) is 7.32. The molecule has 1 aromatic carbocycles. The van der Waals surface area contributed by atoms with Gasteiger partial charge in [-0.3, -0.25) is 9.79 Å². The lowest BCUT2D eigenvalue weighted by Gasteiger charge is -2.40. The Labute approximate surface area is 157 Å². The first-order valence-corrected chi connectivity index (χ1v) is 9.80. The topological polar surface area (TPSA) is 73.7 Å². The van der Waals surface area contributed by atoms with E-state index in [4.69, 9.17) is 0 Å². The molecule has 1 aliphatic rings. The van der Waals surface area contributed by atoms with E-state index in [0.717, 1.165) is 48.9 Å². The molecule has 5 heteroatoms. The quantitative estimate of drug-likeness (QED) is 0.696. The highest BCUT2D eigenvalue weighted by molar-refractivity contribution is 5.96. The number of carbonyl (C=O) groups is 1. The summed E-state index contributed by atoms with van der Waals surface area (Å²) >= 11 is 0. The van der Waals surface area contributed by atoms with Gasteiger partial charge in [-0.1, -0.05) is 51.8 Å². The number of aliphatic imine (C=N–C) groups is 1. The van der Waals surface area contributed by atoms with Gasteiger partial charge in [0.1, 0.15) is 11.6 Å². The number of amides is 1. The number of rotatable bonds is 7. The van der Waals surface area contributed by atoms with Gasteiger partial charge in [0, 0.05) is 5.69 Å². The minimum atomic E-state index is -1.32. The Balaban J connectivity index is 2.34. The van der Waals surface area contributed by atoms with E-state index in [1.165, 1.54) is 0 Å². The van der Waals surface area contributed by atoms with Crippen molar-refractivity contribution >= 4 is 17.4 Å². The maximum atomic E-state index is 13.2. The van der Waals surface area contributed by atoms with Crippen LogP contribution in [0.4, 0.5) is 5.69 Å². The molecular formula is C21H33N3O2. The number of unbranched alkanes of at least 4 members (excludes halogenated alkanes) is 1. The van der Waals surface area contributed by atoms with Crippen LogP contribution in [-0.2, 0) is 17.6 Å². The minimum absolute atomic E-state index is 0.171. The minimum Gasteiger partial charge on any atom is -0.370 e. The van der Waals surface area contributed by atoms with Crippen molar-refractivity contribution in [1.29, 1.82) is 0 Å². The van der Waals surface area contributed by atoms with Gasteiger partial charge in [0.15, 0.2) is 0 Å². The Bertz CT molecular complexity index is 645. The molecule has 0 radical (unpaired) electrons. The van der Waals surface area contributed by atoms with E-state index in [9.17, 15) is 9.90 Å². The van der Waals surface area contributed by atoms with Gasteiger partial charge in [-0.2, -0.15) is 0 Å². The van der Waals surface area contributed by atoms with E-state index in [0.29, 0.717) is 5.84 Å². The summed E-state index contributed by atoms with van der Waals surface area (Å²) in [4.78, 5) is 17.8. The van der Waals surface area contributed by atoms with Crippen LogP contribution in [0.25, 0.3) is 0 Å². The molecule has 3 atom stereocenters. The van der Waals surface area contributed by atoms with E-state index >= 15 is 0 Å². The summed E-state index contributed by atoms with van der Waals surface area (Å²) in [6.07, 6.45) is 4.50. The Hall–Kier alpha value is -1.88. The second kappa shape index (κ2) is 8.67. The van der Waals surface area contributed by atoms with Gasteiger partial charge in [-0.25, -0.2) is 0 Å². The second-order valence-corrected chi connectivity index (χ2v) is 7.32. The highest BCUT2D eigenvalue weighted by atomic mass is 16.3. The van der Waals surface area contributed by atoms with Crippen LogP contribution < -0.4 is 10.6 Å². The summed E-state index contributed by atoms with van der Waals surface area (Å²) in [6, 6.07) is 5.90. The number of carbonyl (C=O) groups excluding carboxylic acids is 1. The molecule has 144 valence electrons. The highest BCUT2D eigenvalue weighted by Crippen LogP contribution is 2.31. The predicted molar refractivity (Wildman–Crippen MR) is 107 cm³/mol. The van der Waals surface area contributed by atoms with Crippen molar-refractivity contribution in [2.24, 2.45) is 10.9 Å². The number of hydrogen-bond acceptors (Lipinski definition) is 4. The number of nitrogens with zero attached hydrogens (tertiary/aromatic N) is 1. The zero-order valence-electron chi connectivity index (χ0n) is 16.7. The molecule has 2 rings (SSSR count). The number of aliphatic hydroxyl groups is 1. The molecule has 0 spiro atoms. The molecule has 3 N–H and O–H groups in total. The smallest absolute Gasteiger partial charge is 0.234 e. The van der Waals surface area contributed by atoms with E-state index in [1.54, 1.807) is 6.92 Å². The van der Waals surface area contributed by atoms with Gasteiger partial charge in [0.2, 0.25) is 5.91 Å². The number of anilines is 1. The number of amidine groups is 1. The third kappa shape index (κ3) is 4.44. The number of hydrogen-bond donors (Lipinski definition) is 3. The lowest BCUT2D eigenvalue weighted by atomic mass is 9.84. The monoisotopic (exact) mass is 359 g/mol. The molecule has 0 saturated carbocycles. The molecular weight excluding hydrogens is 326 g/mol. The number of para-hydroxylation sites is 1. The maximum Gasteiger partial charge on any atom is 0.234 e. The van der Waals surface area contributed by atoms with Gasteiger partial charge in [-0.15, -0.1) is 0 Å². The van der Waals surface area contributed by atoms with Crippen LogP contribution in [0.5, 0.6) is 0 Å². The van der Waals surface area contributed by atoms with Crippen molar-refractivity contribution in [2.75, 3.05) is 5.32 Å². The number of benzene rings is 1. The molecule has 0 aliphatic carbocycles. The predicted octanol–water partition coefficient (Wildman–Crippen LogP) is 3.66. The molecule has 0 bridgehead atoms. The Morgan fingerprint density at radius 2 is 1.88 bits per heavy atom. The molecule has 5 nitrogen and oxygen atoms in total. The summed E-state index contributed by atoms with van der Waals surface area (Å²) in [6.45, 7) is 9.79. The van der Waals surface area contributed by atoms with E-state index in [-0.39, 0.29) is 11.9 Å². The van der Waals surface area contributed by atoms with Crippen LogP contribution in [0, 0.1) is 5.92 Å². The van der Waals surface area contributed by atoms with E-state index in [2.05, 4.69) is 36.4 Å². The number of nitrogens with one attached hydrogen (secondary N) is 2. The average molecular weight is 360 g/mol. The summed E-state index contributed by atoms with van der Waals surface area (Å²) in [5.41, 5.74) is 1.80. The highest BCUT2D eigenvalue weighted by Gasteiger charge is 2.45. The summed E-state index contributed by atoms with van der Waals surface area (Å²) in [5.74, 6) is -0.119. The van der Waals surface area contributed by atoms with Crippen LogP contribution in [0.1, 0.15) is 65.0 Å². The molecule has 26 heavy (non-hydrogen) atoms. The van der Waals surface area contributed by atoms with Crippen molar-refractivity contribution < 1.29 is 9.90 Å². The van der Waals surface area contributed by atoms with E-state index in [1.807, 2.05) is 25.1 Å². The first-order valence-electron chi connectivity index (χ1n) is 9.80. The normalized spacial score (nSPS) is 25.4. The molecule has 0 fully saturated rings. The van der Waals surface area contributed by atoms with Gasteiger partial charge in [0.25, 0.3) is 0 Å². The SMILES string of the molecule is CCCCC1N=C(C)NC(C)(O)C1C(=O)Nc1c(CC)cccc1CC. The largest absolute Gasteiger partial charge is 0.370 e. The lowest BCUT2D eigenvalue weighted by molar-refractivity contribution is -0.131. The number of aryl methyl sites for hydroxylation is 2. The zero-order valence-corrected chi connectivity index (χ0v) is 16.7. The molecule has 0 aromatic heterocycles. The van der Waals surface area contributed by atoms with Gasteiger partial charge < -0.3 is 15.7 Å². The fraction of sp³-hybridized carbons (Fsp3) is 0.619.